The molecular weight excluding hydrogens is 584 g/mol. The number of anilines is 1. The molecule has 1 saturated heterocycles. The first kappa shape index (κ1) is 35.2. The molecular formula is C32H48N2O9Si. The van der Waals surface area contributed by atoms with Crippen LogP contribution in [0.1, 0.15) is 49.2 Å². The zero-order chi connectivity index (χ0) is 32.4. The average Bonchev–Trinajstić information content (AvgIpc) is 3.76. The van der Waals surface area contributed by atoms with Crippen molar-refractivity contribution < 1.29 is 42.4 Å². The molecule has 0 radical (unpaired) electrons. The van der Waals surface area contributed by atoms with Gasteiger partial charge in [-0.1, -0.05) is 39.8 Å². The Bertz CT molecular complexity index is 1240. The topological polar surface area (TPSA) is 128 Å². The van der Waals surface area contributed by atoms with Crippen LogP contribution >= 0.6 is 0 Å². The van der Waals surface area contributed by atoms with Crippen LogP contribution in [0.2, 0.25) is 17.6 Å². The number of benzene rings is 2. The molecule has 1 aliphatic heterocycles. The fraction of sp³-hybridized carbons (Fsp3) is 0.562. The van der Waals surface area contributed by atoms with E-state index in [0.29, 0.717) is 42.2 Å². The van der Waals surface area contributed by atoms with Gasteiger partial charge in [0.05, 0.1) is 58.3 Å². The quantitative estimate of drug-likeness (QED) is 0.0795. The highest BCUT2D eigenvalue weighted by Crippen LogP contribution is 2.42. The van der Waals surface area contributed by atoms with E-state index in [4.69, 9.17) is 38.6 Å². The lowest BCUT2D eigenvalue weighted by molar-refractivity contribution is 0.0492. The molecule has 0 spiro atoms. The van der Waals surface area contributed by atoms with Gasteiger partial charge in [0.25, 0.3) is 0 Å². The lowest BCUT2D eigenvalue weighted by atomic mass is 9.99. The third-order valence-corrected chi connectivity index (χ3v) is 13.8. The summed E-state index contributed by atoms with van der Waals surface area (Å²) in [5, 5.41) is 0. The van der Waals surface area contributed by atoms with E-state index >= 15 is 0 Å². The van der Waals surface area contributed by atoms with Crippen molar-refractivity contribution in [2.45, 2.75) is 76.5 Å². The Morgan fingerprint density at radius 2 is 1.68 bits per heavy atom. The summed E-state index contributed by atoms with van der Waals surface area (Å²) in [5.41, 5.74) is 9.15. The molecule has 12 heteroatoms. The summed E-state index contributed by atoms with van der Waals surface area (Å²) in [6.07, 6.45) is -0.550. The number of hydrogen-bond donors (Lipinski definition) is 1. The van der Waals surface area contributed by atoms with Crippen LogP contribution in [0.5, 0.6) is 11.5 Å². The van der Waals surface area contributed by atoms with E-state index in [9.17, 15) is 9.59 Å². The number of carbonyl (C=O) groups is 2. The number of nitrogens with zero attached hydrogens (tertiary/aromatic N) is 1. The third kappa shape index (κ3) is 8.23. The van der Waals surface area contributed by atoms with Gasteiger partial charge in [-0.2, -0.15) is 0 Å². The van der Waals surface area contributed by atoms with Crippen molar-refractivity contribution in [3.63, 3.8) is 0 Å². The zero-order valence-electron chi connectivity index (χ0n) is 27.2. The zero-order valence-corrected chi connectivity index (χ0v) is 28.2. The molecule has 1 heterocycles. The van der Waals surface area contributed by atoms with Crippen molar-refractivity contribution in [3.8, 4) is 11.5 Å². The number of ether oxygens (including phenoxy) is 6. The molecule has 244 valence electrons. The van der Waals surface area contributed by atoms with Crippen molar-refractivity contribution in [2.75, 3.05) is 47.6 Å². The number of esters is 1. The Hall–Kier alpha value is -3.32. The summed E-state index contributed by atoms with van der Waals surface area (Å²) < 4.78 is 39.6. The summed E-state index contributed by atoms with van der Waals surface area (Å²) in [4.78, 5) is 27.0. The minimum Gasteiger partial charge on any atom is -0.497 e. The number of nitrogen functional groups attached to an aromatic ring is 1. The third-order valence-electron chi connectivity index (χ3n) is 8.50. The van der Waals surface area contributed by atoms with Gasteiger partial charge in [0.2, 0.25) is 0 Å². The summed E-state index contributed by atoms with van der Waals surface area (Å²) >= 11 is 0. The standard InChI is InChI=1S/C32H48N2O9Si/c1-9-44(10-2,21(3)4)43-29(17-25-26(33)15-23(31(35)39-7)16-28(25)42-20-37-5)30-27(34(30)32(36)40-8)19-41-18-22-11-13-24(38-6)14-12-22/h11-16,21,27,29-30H,9-10,17-20,33H2,1-8H3/t27-,29?,30-,34?/m0/s1. The van der Waals surface area contributed by atoms with Crippen molar-refractivity contribution in [2.24, 2.45) is 0 Å². The number of nitrogens with two attached hydrogens (primary N) is 1. The van der Waals surface area contributed by atoms with E-state index in [1.165, 1.54) is 21.3 Å². The molecule has 1 aliphatic rings. The molecule has 1 fully saturated rings. The highest BCUT2D eigenvalue weighted by atomic mass is 28.4. The van der Waals surface area contributed by atoms with Crippen LogP contribution in [-0.4, -0.2) is 85.3 Å². The number of hydrogen-bond acceptors (Lipinski definition) is 10. The second-order valence-electron chi connectivity index (χ2n) is 11.2. The lowest BCUT2D eigenvalue weighted by Crippen LogP contribution is -2.46. The number of amides is 1. The molecule has 2 N–H and O–H groups in total. The minimum absolute atomic E-state index is 0.0449. The Balaban J connectivity index is 1.97. The van der Waals surface area contributed by atoms with Crippen LogP contribution in [-0.2, 0) is 36.4 Å². The molecule has 11 nitrogen and oxygen atoms in total. The van der Waals surface area contributed by atoms with E-state index in [1.807, 2.05) is 24.3 Å². The molecule has 1 unspecified atom stereocenters. The summed E-state index contributed by atoms with van der Waals surface area (Å²) in [5.74, 6) is 0.628. The molecule has 0 aliphatic carbocycles. The van der Waals surface area contributed by atoms with Gasteiger partial charge >= 0.3 is 12.1 Å². The second kappa shape index (κ2) is 16.1. The molecule has 0 saturated carbocycles. The second-order valence-corrected chi connectivity index (χ2v) is 16.1. The first-order valence-electron chi connectivity index (χ1n) is 15.0. The van der Waals surface area contributed by atoms with Crippen molar-refractivity contribution in [1.29, 1.82) is 0 Å². The number of methoxy groups -OCH3 is 4. The molecule has 3 rings (SSSR count). The highest BCUT2D eigenvalue weighted by molar-refractivity contribution is 6.75. The van der Waals surface area contributed by atoms with Gasteiger partial charge in [-0.25, -0.2) is 9.59 Å². The van der Waals surface area contributed by atoms with Crippen molar-refractivity contribution in [1.82, 2.24) is 4.90 Å². The predicted octanol–water partition coefficient (Wildman–Crippen LogP) is 5.41. The fourth-order valence-corrected chi connectivity index (χ4v) is 9.33. The van der Waals surface area contributed by atoms with Crippen LogP contribution in [0.4, 0.5) is 10.5 Å². The number of rotatable bonds is 17. The van der Waals surface area contributed by atoms with Crippen LogP contribution in [0.3, 0.4) is 0 Å². The highest BCUT2D eigenvalue weighted by Gasteiger charge is 2.58. The first-order chi connectivity index (χ1) is 21.1. The van der Waals surface area contributed by atoms with Gasteiger partial charge in [0.1, 0.15) is 11.5 Å². The van der Waals surface area contributed by atoms with Gasteiger partial charge < -0.3 is 38.6 Å². The summed E-state index contributed by atoms with van der Waals surface area (Å²) in [6.45, 7) is 9.35. The smallest absolute Gasteiger partial charge is 0.410 e. The Labute approximate surface area is 262 Å². The monoisotopic (exact) mass is 632 g/mol. The SMILES string of the molecule is CC[Si](CC)(OC(Cc1c(N)cc(C(=O)OC)cc1OCOC)[C@@H]1[C@H](COCc2ccc(OC)cc2)N1C(=O)OC)C(C)C. The Morgan fingerprint density at radius 3 is 2.23 bits per heavy atom. The van der Waals surface area contributed by atoms with Crippen LogP contribution in [0.15, 0.2) is 36.4 Å². The first-order valence-corrected chi connectivity index (χ1v) is 17.4. The minimum atomic E-state index is -2.26. The van der Waals surface area contributed by atoms with Gasteiger partial charge in [0.15, 0.2) is 15.1 Å². The summed E-state index contributed by atoms with van der Waals surface area (Å²) in [7, 11) is 3.55. The predicted molar refractivity (Wildman–Crippen MR) is 170 cm³/mol. The fourth-order valence-electron chi connectivity index (χ4n) is 5.76. The maximum atomic E-state index is 13.0. The van der Waals surface area contributed by atoms with E-state index in [0.717, 1.165) is 23.4 Å². The maximum absolute atomic E-state index is 13.0. The molecule has 0 aromatic heterocycles. The van der Waals surface area contributed by atoms with E-state index < -0.39 is 26.5 Å². The average molecular weight is 633 g/mol. The maximum Gasteiger partial charge on any atom is 0.410 e. The van der Waals surface area contributed by atoms with Crippen molar-refractivity contribution in [3.05, 3.63) is 53.1 Å². The molecule has 2 aromatic rings. The largest absolute Gasteiger partial charge is 0.497 e. The Morgan fingerprint density at radius 1 is 1.00 bits per heavy atom. The van der Waals surface area contributed by atoms with E-state index in [1.54, 1.807) is 24.1 Å². The number of carbonyl (C=O) groups excluding carboxylic acids is 2. The normalized spacial score (nSPS) is 16.9. The summed E-state index contributed by atoms with van der Waals surface area (Å²) in [6, 6.07) is 12.1. The lowest BCUT2D eigenvalue weighted by Gasteiger charge is -2.37. The molecule has 2 aromatic carbocycles. The van der Waals surface area contributed by atoms with Gasteiger partial charge in [-0.05, 0) is 47.5 Å². The van der Waals surface area contributed by atoms with Crippen LogP contribution in [0, 0.1) is 0 Å². The Kier molecular flexibility index (Phi) is 12.9. The van der Waals surface area contributed by atoms with Crippen LogP contribution < -0.4 is 15.2 Å². The molecule has 1 amide bonds. The van der Waals surface area contributed by atoms with Gasteiger partial charge in [0, 0.05) is 24.8 Å². The van der Waals surface area contributed by atoms with Gasteiger partial charge in [-0.15, -0.1) is 0 Å². The van der Waals surface area contributed by atoms with Crippen LogP contribution in [0.25, 0.3) is 0 Å². The van der Waals surface area contributed by atoms with Gasteiger partial charge in [-0.3, -0.25) is 4.90 Å². The molecule has 3 atom stereocenters. The van der Waals surface area contributed by atoms with E-state index in [2.05, 4.69) is 27.7 Å². The van der Waals surface area contributed by atoms with Crippen molar-refractivity contribution >= 4 is 26.1 Å². The molecule has 0 bridgehead atoms. The van der Waals surface area contributed by atoms with E-state index in [-0.39, 0.29) is 24.4 Å². The molecule has 44 heavy (non-hydrogen) atoms.